The lowest BCUT2D eigenvalue weighted by molar-refractivity contribution is -0.124. The fourth-order valence-corrected chi connectivity index (χ4v) is 6.14. The summed E-state index contributed by atoms with van der Waals surface area (Å²) < 4.78 is 0. The third-order valence-electron chi connectivity index (χ3n) is 8.12. The molecule has 2 aliphatic rings. The van der Waals surface area contributed by atoms with Gasteiger partial charge in [-0.25, -0.2) is 0 Å². The lowest BCUT2D eigenvalue weighted by Crippen LogP contribution is -2.33. The minimum Gasteiger partial charge on any atom is -0.370 e. The Morgan fingerprint density at radius 2 is 1.31 bits per heavy atom. The summed E-state index contributed by atoms with van der Waals surface area (Å²) in [6, 6.07) is 11.9. The molecule has 220 valence electrons. The third kappa shape index (κ3) is 6.17. The van der Waals surface area contributed by atoms with Crippen molar-refractivity contribution in [1.29, 1.82) is 0 Å². The van der Waals surface area contributed by atoms with Gasteiger partial charge in [0.2, 0.25) is 23.6 Å². The molecular weight excluding hydrogens is 532 g/mol. The van der Waals surface area contributed by atoms with Crippen LogP contribution in [-0.2, 0) is 32.0 Å². The zero-order chi connectivity index (χ0) is 29.6. The first kappa shape index (κ1) is 28.9. The molecule has 0 bridgehead atoms. The Morgan fingerprint density at radius 1 is 0.810 bits per heavy atom. The van der Waals surface area contributed by atoms with Gasteiger partial charge in [0.1, 0.15) is 0 Å². The number of nitrogens with one attached hydrogen (secondary N) is 5. The summed E-state index contributed by atoms with van der Waals surface area (Å²) in [6.07, 6.45) is 7.21. The van der Waals surface area contributed by atoms with E-state index >= 15 is 0 Å². The normalized spacial score (nSPS) is 18.0. The van der Waals surface area contributed by atoms with E-state index in [1.807, 2.05) is 55.7 Å². The molecule has 10 heteroatoms. The van der Waals surface area contributed by atoms with E-state index in [4.69, 9.17) is 5.73 Å². The van der Waals surface area contributed by atoms with Crippen LogP contribution in [0.15, 0.2) is 48.8 Å². The van der Waals surface area contributed by atoms with Gasteiger partial charge in [-0.1, -0.05) is 24.3 Å². The maximum atomic E-state index is 12.5. The number of carbonyl (C=O) groups is 4. The number of aromatic amines is 2. The van der Waals surface area contributed by atoms with E-state index in [9.17, 15) is 19.2 Å². The SMILES string of the molecule is CCNC(=O)CCC1C(=O)NCCc2c[nH]c3cccc1c23.NC(=O)CCC1C(=O)NCCc2c[nH]c3cccc1c23. The number of benzene rings is 2. The van der Waals surface area contributed by atoms with E-state index in [0.29, 0.717) is 38.9 Å². The Hall–Kier alpha value is -4.60. The van der Waals surface area contributed by atoms with Crippen LogP contribution >= 0.6 is 0 Å². The molecule has 0 spiro atoms. The van der Waals surface area contributed by atoms with Crippen molar-refractivity contribution >= 4 is 45.4 Å². The van der Waals surface area contributed by atoms with Crippen LogP contribution in [0.1, 0.15) is 66.7 Å². The van der Waals surface area contributed by atoms with E-state index in [1.54, 1.807) is 0 Å². The highest BCUT2D eigenvalue weighted by Crippen LogP contribution is 2.34. The Kier molecular flexibility index (Phi) is 8.90. The predicted octanol–water partition coefficient (Wildman–Crippen LogP) is 3.03. The molecule has 10 nitrogen and oxygen atoms in total. The molecule has 42 heavy (non-hydrogen) atoms. The molecule has 6 rings (SSSR count). The van der Waals surface area contributed by atoms with Gasteiger partial charge in [0.25, 0.3) is 0 Å². The lowest BCUT2D eigenvalue weighted by atomic mass is 9.88. The number of nitrogens with two attached hydrogens (primary N) is 1. The highest BCUT2D eigenvalue weighted by Gasteiger charge is 2.27. The van der Waals surface area contributed by atoms with Crippen LogP contribution in [0.2, 0.25) is 0 Å². The molecule has 2 aromatic heterocycles. The Bertz CT molecular complexity index is 1620. The molecular formula is C32H38N6O4. The second-order valence-electron chi connectivity index (χ2n) is 10.9. The van der Waals surface area contributed by atoms with Crippen LogP contribution in [0.5, 0.6) is 0 Å². The molecule has 4 amide bonds. The van der Waals surface area contributed by atoms with Crippen LogP contribution in [-0.4, -0.2) is 53.2 Å². The van der Waals surface area contributed by atoms with Gasteiger partial charge in [-0.15, -0.1) is 0 Å². The average molecular weight is 571 g/mol. The van der Waals surface area contributed by atoms with E-state index in [2.05, 4.69) is 25.9 Å². The molecule has 0 saturated heterocycles. The zero-order valence-corrected chi connectivity index (χ0v) is 23.8. The Labute approximate surface area is 244 Å². The smallest absolute Gasteiger partial charge is 0.227 e. The minimum absolute atomic E-state index is 0.00109. The van der Waals surface area contributed by atoms with Crippen molar-refractivity contribution in [3.05, 3.63) is 71.0 Å². The summed E-state index contributed by atoms with van der Waals surface area (Å²) in [5.41, 5.74) is 11.8. The molecule has 4 aromatic rings. The summed E-state index contributed by atoms with van der Waals surface area (Å²) in [4.78, 5) is 54.0. The zero-order valence-electron chi connectivity index (χ0n) is 23.8. The predicted molar refractivity (Wildman–Crippen MR) is 162 cm³/mol. The number of H-pyrrole nitrogens is 2. The van der Waals surface area contributed by atoms with E-state index in [0.717, 1.165) is 45.8 Å². The molecule has 0 saturated carbocycles. The first-order valence-corrected chi connectivity index (χ1v) is 14.7. The van der Waals surface area contributed by atoms with Crippen LogP contribution in [0.3, 0.4) is 0 Å². The molecule has 2 aromatic carbocycles. The van der Waals surface area contributed by atoms with Crippen LogP contribution in [0.25, 0.3) is 21.8 Å². The van der Waals surface area contributed by atoms with Crippen LogP contribution in [0.4, 0.5) is 0 Å². The fraction of sp³-hybridized carbons (Fsp3) is 0.375. The molecule has 0 fully saturated rings. The largest absolute Gasteiger partial charge is 0.370 e. The summed E-state index contributed by atoms with van der Waals surface area (Å²) in [7, 11) is 0. The number of rotatable bonds is 7. The third-order valence-corrected chi connectivity index (χ3v) is 8.12. The van der Waals surface area contributed by atoms with Crippen molar-refractivity contribution in [3.8, 4) is 0 Å². The standard InChI is InChI=1S/C17H21N3O2.C15H17N3O2/c1-2-18-15(21)7-6-13-12-4-3-5-14-16(12)11(10-20-14)8-9-19-17(13)22;16-13(19)5-4-11-10-2-1-3-12-14(10)9(8-18-12)6-7-17-15(11)20/h3-5,10,13,20H,2,6-9H2,1H3,(H,18,21)(H,19,22);1-3,8,11,18H,4-7H2,(H2,16,19)(H,17,20). The van der Waals surface area contributed by atoms with Gasteiger partial charge < -0.3 is 31.7 Å². The molecule has 2 aliphatic heterocycles. The number of hydrogen-bond donors (Lipinski definition) is 6. The molecule has 2 unspecified atom stereocenters. The van der Waals surface area contributed by atoms with E-state index < -0.39 is 0 Å². The Morgan fingerprint density at radius 3 is 1.79 bits per heavy atom. The van der Waals surface area contributed by atoms with Gasteiger partial charge in [-0.3, -0.25) is 19.2 Å². The molecule has 2 atom stereocenters. The second-order valence-corrected chi connectivity index (χ2v) is 10.9. The van der Waals surface area contributed by atoms with E-state index in [-0.39, 0.29) is 41.9 Å². The topological polar surface area (TPSA) is 162 Å². The average Bonchev–Trinajstić information content (AvgIpc) is 3.57. The molecule has 0 aliphatic carbocycles. The first-order chi connectivity index (χ1) is 20.4. The van der Waals surface area contributed by atoms with Crippen LogP contribution in [0, 0.1) is 0 Å². The van der Waals surface area contributed by atoms with Gasteiger partial charge in [-0.05, 0) is 67.0 Å². The van der Waals surface area contributed by atoms with Crippen molar-refractivity contribution in [1.82, 2.24) is 25.9 Å². The van der Waals surface area contributed by atoms with Crippen molar-refractivity contribution in [3.63, 3.8) is 0 Å². The maximum Gasteiger partial charge on any atom is 0.227 e. The molecule has 0 radical (unpaired) electrons. The quantitative estimate of drug-likeness (QED) is 0.201. The number of hydrogen-bond acceptors (Lipinski definition) is 4. The number of primary amides is 1. The number of carbonyl (C=O) groups excluding carboxylic acids is 4. The molecule has 4 heterocycles. The highest BCUT2D eigenvalue weighted by molar-refractivity contribution is 5.96. The van der Waals surface area contributed by atoms with Crippen molar-refractivity contribution < 1.29 is 19.2 Å². The summed E-state index contributed by atoms with van der Waals surface area (Å²) in [6.45, 7) is 3.77. The maximum absolute atomic E-state index is 12.5. The number of amides is 4. The minimum atomic E-state index is -0.374. The van der Waals surface area contributed by atoms with E-state index in [1.165, 1.54) is 11.1 Å². The summed E-state index contributed by atoms with van der Waals surface area (Å²) >= 11 is 0. The monoisotopic (exact) mass is 570 g/mol. The van der Waals surface area contributed by atoms with Gasteiger partial charge >= 0.3 is 0 Å². The molecule has 7 N–H and O–H groups in total. The van der Waals surface area contributed by atoms with Crippen molar-refractivity contribution in [2.24, 2.45) is 5.73 Å². The second kappa shape index (κ2) is 12.9. The van der Waals surface area contributed by atoms with Gasteiger partial charge in [0.05, 0.1) is 11.8 Å². The Balaban J connectivity index is 0.000000169. The van der Waals surface area contributed by atoms with Gasteiger partial charge in [0.15, 0.2) is 0 Å². The summed E-state index contributed by atoms with van der Waals surface area (Å²) in [5.74, 6) is -0.975. The van der Waals surface area contributed by atoms with Crippen molar-refractivity contribution in [2.75, 3.05) is 19.6 Å². The number of aromatic nitrogens is 2. The van der Waals surface area contributed by atoms with Crippen molar-refractivity contribution in [2.45, 2.75) is 57.3 Å². The summed E-state index contributed by atoms with van der Waals surface area (Å²) in [5, 5.41) is 11.0. The van der Waals surface area contributed by atoms with Gasteiger partial charge in [-0.2, -0.15) is 0 Å². The lowest BCUT2D eigenvalue weighted by Gasteiger charge is -2.21. The van der Waals surface area contributed by atoms with Gasteiger partial charge in [0, 0.05) is 66.7 Å². The van der Waals surface area contributed by atoms with Crippen LogP contribution < -0.4 is 21.7 Å². The first-order valence-electron chi connectivity index (χ1n) is 14.7. The fourth-order valence-electron chi connectivity index (χ4n) is 6.14. The highest BCUT2D eigenvalue weighted by atomic mass is 16.2.